The van der Waals surface area contributed by atoms with Crippen LogP contribution >= 0.6 is 15.9 Å². The lowest BCUT2D eigenvalue weighted by Crippen LogP contribution is -2.12. The van der Waals surface area contributed by atoms with E-state index in [1.165, 1.54) is 0 Å². The number of aliphatic hydroxyl groups is 1. The van der Waals surface area contributed by atoms with Crippen LogP contribution in [0.4, 0.5) is 0 Å². The fraction of sp³-hybridized carbons (Fsp3) is 0.538. The quantitative estimate of drug-likeness (QED) is 0.912. The monoisotopic (exact) mass is 286 g/mol. The van der Waals surface area contributed by atoms with Gasteiger partial charge in [-0.2, -0.15) is 0 Å². The Morgan fingerprint density at radius 3 is 2.50 bits per heavy atom. The van der Waals surface area contributed by atoms with Crippen LogP contribution in [0.5, 0.6) is 5.75 Å². The Balaban J connectivity index is 2.97. The third kappa shape index (κ3) is 3.80. The Morgan fingerprint density at radius 1 is 1.38 bits per heavy atom. The van der Waals surface area contributed by atoms with Gasteiger partial charge in [0.15, 0.2) is 0 Å². The molecule has 0 aliphatic heterocycles. The first kappa shape index (κ1) is 13.5. The maximum Gasteiger partial charge on any atom is 0.124 e. The van der Waals surface area contributed by atoms with Gasteiger partial charge in [0.25, 0.3) is 0 Å². The van der Waals surface area contributed by atoms with Gasteiger partial charge in [-0.3, -0.25) is 0 Å². The van der Waals surface area contributed by atoms with E-state index in [4.69, 9.17) is 4.74 Å². The van der Waals surface area contributed by atoms with Gasteiger partial charge in [-0.15, -0.1) is 0 Å². The molecule has 1 rings (SSSR count). The molecule has 0 aliphatic rings. The highest BCUT2D eigenvalue weighted by molar-refractivity contribution is 9.10. The first-order valence-corrected chi connectivity index (χ1v) is 6.14. The fourth-order valence-electron chi connectivity index (χ4n) is 1.66. The summed E-state index contributed by atoms with van der Waals surface area (Å²) in [7, 11) is 1.62. The summed E-state index contributed by atoms with van der Waals surface area (Å²) >= 11 is 3.41. The van der Waals surface area contributed by atoms with Gasteiger partial charge in [0.1, 0.15) is 5.75 Å². The summed E-state index contributed by atoms with van der Waals surface area (Å²) in [5.41, 5.74) is 0.930. The second-order valence-electron chi connectivity index (χ2n) is 5.17. The number of methoxy groups -OCH3 is 1. The second-order valence-corrected chi connectivity index (χ2v) is 6.08. The second kappa shape index (κ2) is 5.19. The van der Waals surface area contributed by atoms with Crippen LogP contribution in [0, 0.1) is 5.41 Å². The topological polar surface area (TPSA) is 29.5 Å². The zero-order valence-corrected chi connectivity index (χ0v) is 11.8. The molecule has 0 aromatic heterocycles. The summed E-state index contributed by atoms with van der Waals surface area (Å²) in [6, 6.07) is 5.69. The van der Waals surface area contributed by atoms with Crippen LogP contribution in [0.2, 0.25) is 0 Å². The molecule has 0 bridgehead atoms. The maximum atomic E-state index is 10.2. The molecular formula is C13H19BrO2. The average Bonchev–Trinajstić information content (AvgIpc) is 2.15. The predicted molar refractivity (Wildman–Crippen MR) is 69.7 cm³/mol. The molecule has 3 heteroatoms. The number of rotatable bonds is 3. The van der Waals surface area contributed by atoms with Crippen LogP contribution in [0.15, 0.2) is 22.7 Å². The van der Waals surface area contributed by atoms with E-state index in [9.17, 15) is 5.11 Å². The van der Waals surface area contributed by atoms with Crippen LogP contribution in [-0.4, -0.2) is 12.2 Å². The number of halogens is 1. The molecule has 1 unspecified atom stereocenters. The molecule has 1 aromatic carbocycles. The molecule has 0 spiro atoms. The van der Waals surface area contributed by atoms with Crippen LogP contribution in [-0.2, 0) is 0 Å². The summed E-state index contributed by atoms with van der Waals surface area (Å²) in [6.07, 6.45) is 0.215. The van der Waals surface area contributed by atoms with Crippen LogP contribution in [0.1, 0.15) is 38.9 Å². The van der Waals surface area contributed by atoms with Gasteiger partial charge in [-0.05, 0) is 30.0 Å². The Hall–Kier alpha value is -0.540. The van der Waals surface area contributed by atoms with Gasteiger partial charge >= 0.3 is 0 Å². The fourth-order valence-corrected chi connectivity index (χ4v) is 2.03. The van der Waals surface area contributed by atoms with E-state index in [0.717, 1.165) is 15.8 Å². The highest BCUT2D eigenvalue weighted by atomic mass is 79.9. The van der Waals surface area contributed by atoms with Crippen molar-refractivity contribution >= 4 is 15.9 Å². The van der Waals surface area contributed by atoms with Crippen molar-refractivity contribution in [3.8, 4) is 5.75 Å². The molecule has 0 amide bonds. The van der Waals surface area contributed by atoms with E-state index in [-0.39, 0.29) is 5.41 Å². The number of aliphatic hydroxyl groups excluding tert-OH is 1. The molecule has 0 radical (unpaired) electrons. The number of hydrogen-bond donors (Lipinski definition) is 1. The van der Waals surface area contributed by atoms with E-state index >= 15 is 0 Å². The minimum absolute atomic E-state index is 0.0900. The molecule has 2 nitrogen and oxygen atoms in total. The van der Waals surface area contributed by atoms with Crippen molar-refractivity contribution in [2.24, 2.45) is 5.41 Å². The van der Waals surface area contributed by atoms with E-state index in [1.807, 2.05) is 18.2 Å². The Kier molecular flexibility index (Phi) is 4.39. The molecule has 1 aromatic rings. The van der Waals surface area contributed by atoms with E-state index < -0.39 is 6.10 Å². The third-order valence-corrected chi connectivity index (χ3v) is 2.85. The van der Waals surface area contributed by atoms with E-state index in [2.05, 4.69) is 36.7 Å². The van der Waals surface area contributed by atoms with Crippen LogP contribution < -0.4 is 4.74 Å². The van der Waals surface area contributed by atoms with Gasteiger partial charge in [0.2, 0.25) is 0 Å². The molecule has 1 N–H and O–H groups in total. The number of hydrogen-bond acceptors (Lipinski definition) is 2. The van der Waals surface area contributed by atoms with Crippen LogP contribution in [0.25, 0.3) is 0 Å². The minimum atomic E-state index is -0.493. The normalized spacial score (nSPS) is 13.6. The Morgan fingerprint density at radius 2 is 2.00 bits per heavy atom. The van der Waals surface area contributed by atoms with Crippen molar-refractivity contribution in [2.75, 3.05) is 7.11 Å². The lowest BCUT2D eigenvalue weighted by molar-refractivity contribution is 0.119. The number of benzene rings is 1. The van der Waals surface area contributed by atoms with Crippen molar-refractivity contribution in [3.05, 3.63) is 28.2 Å². The molecule has 0 saturated carbocycles. The highest BCUT2D eigenvalue weighted by Gasteiger charge is 2.20. The molecule has 1 atom stereocenters. The molecule has 0 saturated heterocycles. The Bertz CT molecular complexity index is 355. The summed E-state index contributed by atoms with van der Waals surface area (Å²) in [5, 5.41) is 10.2. The first-order chi connectivity index (χ1) is 7.33. The molecular weight excluding hydrogens is 268 g/mol. The maximum absolute atomic E-state index is 10.2. The van der Waals surface area contributed by atoms with Crippen molar-refractivity contribution in [3.63, 3.8) is 0 Å². The van der Waals surface area contributed by atoms with Gasteiger partial charge in [0, 0.05) is 10.0 Å². The minimum Gasteiger partial charge on any atom is -0.496 e. The van der Waals surface area contributed by atoms with Crippen LogP contribution in [0.3, 0.4) is 0 Å². The smallest absolute Gasteiger partial charge is 0.124 e. The molecule has 0 fully saturated rings. The summed E-state index contributed by atoms with van der Waals surface area (Å²) in [6.45, 7) is 6.34. The first-order valence-electron chi connectivity index (χ1n) is 5.35. The number of ether oxygens (including phenoxy) is 1. The van der Waals surface area contributed by atoms with E-state index in [0.29, 0.717) is 6.42 Å². The molecule has 0 aliphatic carbocycles. The molecule has 0 heterocycles. The standard InChI is InChI=1S/C13H19BrO2/c1-13(2,3)8-11(15)10-7-9(14)5-6-12(10)16-4/h5-7,11,15H,8H2,1-4H3. The lowest BCUT2D eigenvalue weighted by Gasteiger charge is -2.23. The average molecular weight is 287 g/mol. The van der Waals surface area contributed by atoms with Gasteiger partial charge in [-0.1, -0.05) is 36.7 Å². The van der Waals surface area contributed by atoms with Gasteiger partial charge < -0.3 is 9.84 Å². The third-order valence-electron chi connectivity index (χ3n) is 2.36. The highest BCUT2D eigenvalue weighted by Crippen LogP contribution is 2.35. The zero-order valence-electron chi connectivity index (χ0n) is 10.2. The SMILES string of the molecule is COc1ccc(Br)cc1C(O)CC(C)(C)C. The van der Waals surface area contributed by atoms with Crippen molar-refractivity contribution in [1.29, 1.82) is 0 Å². The van der Waals surface area contributed by atoms with Gasteiger partial charge in [-0.25, -0.2) is 0 Å². The Labute approximate surface area is 106 Å². The molecule has 90 valence electrons. The van der Waals surface area contributed by atoms with Crippen molar-refractivity contribution in [1.82, 2.24) is 0 Å². The summed E-state index contributed by atoms with van der Waals surface area (Å²) < 4.78 is 6.21. The lowest BCUT2D eigenvalue weighted by atomic mass is 9.87. The largest absolute Gasteiger partial charge is 0.496 e. The molecule has 16 heavy (non-hydrogen) atoms. The predicted octanol–water partition coefficient (Wildman–Crippen LogP) is 3.93. The van der Waals surface area contributed by atoms with Crippen molar-refractivity contribution < 1.29 is 9.84 Å². The zero-order chi connectivity index (χ0) is 12.3. The summed E-state index contributed by atoms with van der Waals surface area (Å²) in [5.74, 6) is 0.736. The van der Waals surface area contributed by atoms with E-state index in [1.54, 1.807) is 7.11 Å². The summed E-state index contributed by atoms with van der Waals surface area (Å²) in [4.78, 5) is 0. The van der Waals surface area contributed by atoms with Gasteiger partial charge in [0.05, 0.1) is 13.2 Å². The van der Waals surface area contributed by atoms with Crippen molar-refractivity contribution in [2.45, 2.75) is 33.3 Å².